The van der Waals surface area contributed by atoms with E-state index in [4.69, 9.17) is 4.74 Å². The van der Waals surface area contributed by atoms with Gasteiger partial charge in [0.25, 0.3) is 0 Å². The molecule has 0 aliphatic carbocycles. The number of hydrogen-bond donors (Lipinski definition) is 1. The minimum atomic E-state index is -0.473. The van der Waals surface area contributed by atoms with Crippen LogP contribution in [0, 0.1) is 0 Å². The van der Waals surface area contributed by atoms with Gasteiger partial charge in [-0.05, 0) is 19.3 Å². The molecule has 0 spiro atoms. The first-order valence-electron chi connectivity index (χ1n) is 4.11. The minimum absolute atomic E-state index is 0.172. The molecule has 1 fully saturated rings. The second-order valence-corrected chi connectivity index (χ2v) is 2.90. The average Bonchev–Trinajstić information content (AvgIpc) is 2.03. The Morgan fingerprint density at radius 1 is 1.82 bits per heavy atom. The molecule has 64 valence electrons. The molecule has 0 radical (unpaired) electrons. The molecule has 0 saturated carbocycles. The van der Waals surface area contributed by atoms with Gasteiger partial charge in [-0.25, -0.2) is 0 Å². The zero-order valence-electron chi connectivity index (χ0n) is 6.75. The van der Waals surface area contributed by atoms with Crippen molar-refractivity contribution in [2.75, 3.05) is 0 Å². The fraction of sp³-hybridized carbons (Fsp3) is 0.875. The van der Waals surface area contributed by atoms with E-state index in [0.29, 0.717) is 12.8 Å². The average molecular weight is 158 g/mol. The molecule has 3 heteroatoms. The molecule has 1 aliphatic rings. The molecule has 1 aliphatic heterocycles. The zero-order chi connectivity index (χ0) is 8.27. The van der Waals surface area contributed by atoms with Crippen LogP contribution in [0.2, 0.25) is 0 Å². The van der Waals surface area contributed by atoms with Crippen LogP contribution in [0.15, 0.2) is 0 Å². The molecule has 0 aromatic carbocycles. The van der Waals surface area contributed by atoms with Gasteiger partial charge in [0.2, 0.25) is 0 Å². The van der Waals surface area contributed by atoms with Gasteiger partial charge in [-0.1, -0.05) is 6.92 Å². The molecular weight excluding hydrogens is 144 g/mol. The highest BCUT2D eigenvalue weighted by Crippen LogP contribution is 2.18. The van der Waals surface area contributed by atoms with Crippen molar-refractivity contribution in [3.63, 3.8) is 0 Å². The Kier molecular flexibility index (Phi) is 2.88. The van der Waals surface area contributed by atoms with E-state index in [1.54, 1.807) is 0 Å². The van der Waals surface area contributed by atoms with E-state index >= 15 is 0 Å². The van der Waals surface area contributed by atoms with Crippen molar-refractivity contribution in [1.29, 1.82) is 0 Å². The maximum Gasteiger partial charge on any atom is 0.306 e. The highest BCUT2D eigenvalue weighted by Gasteiger charge is 2.25. The lowest BCUT2D eigenvalue weighted by Crippen LogP contribution is -2.33. The van der Waals surface area contributed by atoms with Gasteiger partial charge in [0.05, 0.1) is 6.10 Å². The third kappa shape index (κ3) is 2.19. The molecule has 0 unspecified atom stereocenters. The van der Waals surface area contributed by atoms with Crippen molar-refractivity contribution >= 4 is 5.97 Å². The minimum Gasteiger partial charge on any atom is -0.460 e. The summed E-state index contributed by atoms with van der Waals surface area (Å²) < 4.78 is 4.95. The van der Waals surface area contributed by atoms with Crippen LogP contribution in [0.25, 0.3) is 0 Å². The van der Waals surface area contributed by atoms with Crippen LogP contribution in [0.1, 0.15) is 32.6 Å². The smallest absolute Gasteiger partial charge is 0.306 e. The number of hydrogen-bond acceptors (Lipinski definition) is 3. The van der Waals surface area contributed by atoms with Gasteiger partial charge in [-0.15, -0.1) is 0 Å². The number of carbonyl (C=O) groups excluding carboxylic acids is 1. The molecule has 1 saturated heterocycles. The lowest BCUT2D eigenvalue weighted by atomic mass is 10.0. The topological polar surface area (TPSA) is 46.5 Å². The summed E-state index contributed by atoms with van der Waals surface area (Å²) in [4.78, 5) is 10.8. The largest absolute Gasteiger partial charge is 0.460 e. The first-order valence-corrected chi connectivity index (χ1v) is 4.11. The quantitative estimate of drug-likeness (QED) is 0.606. The van der Waals surface area contributed by atoms with Crippen molar-refractivity contribution in [2.24, 2.45) is 0 Å². The van der Waals surface area contributed by atoms with E-state index in [1.165, 1.54) is 0 Å². The Bertz CT molecular complexity index is 144. The van der Waals surface area contributed by atoms with Crippen LogP contribution in [0.4, 0.5) is 0 Å². The van der Waals surface area contributed by atoms with E-state index in [2.05, 4.69) is 0 Å². The second kappa shape index (κ2) is 3.72. The van der Waals surface area contributed by atoms with E-state index < -0.39 is 6.10 Å². The summed E-state index contributed by atoms with van der Waals surface area (Å²) in [5.41, 5.74) is 0. The second-order valence-electron chi connectivity index (χ2n) is 2.90. The third-order valence-electron chi connectivity index (χ3n) is 2.00. The molecule has 1 heterocycles. The predicted molar refractivity (Wildman–Crippen MR) is 40.0 cm³/mol. The van der Waals surface area contributed by atoms with Gasteiger partial charge in [-0.2, -0.15) is 0 Å². The number of rotatable bonds is 2. The standard InChI is InChI=1S/C8H14O3/c1-2-6(9)7-4-3-5-8(10)11-7/h6-7,9H,2-5H2,1H3/t6-,7+/m0/s1. The highest BCUT2D eigenvalue weighted by molar-refractivity contribution is 5.70. The molecule has 1 rings (SSSR count). The number of aliphatic hydroxyl groups is 1. The van der Waals surface area contributed by atoms with Gasteiger partial charge in [-0.3, -0.25) is 4.79 Å². The molecule has 0 amide bonds. The van der Waals surface area contributed by atoms with Crippen molar-refractivity contribution in [1.82, 2.24) is 0 Å². The van der Waals surface area contributed by atoms with E-state index in [0.717, 1.165) is 12.8 Å². The number of esters is 1. The Morgan fingerprint density at radius 3 is 3.09 bits per heavy atom. The summed E-state index contributed by atoms with van der Waals surface area (Å²) in [5, 5.41) is 9.32. The predicted octanol–water partition coefficient (Wildman–Crippen LogP) is 0.853. The summed E-state index contributed by atoms with van der Waals surface area (Å²) in [6, 6.07) is 0. The summed E-state index contributed by atoms with van der Waals surface area (Å²) >= 11 is 0. The molecule has 2 atom stereocenters. The Labute approximate surface area is 66.4 Å². The van der Waals surface area contributed by atoms with Crippen LogP contribution in [0.5, 0.6) is 0 Å². The SMILES string of the molecule is CC[C@H](O)[C@H]1CCCC(=O)O1. The first kappa shape index (κ1) is 8.53. The summed E-state index contributed by atoms with van der Waals surface area (Å²) in [6.07, 6.45) is 2.09. The molecule has 3 nitrogen and oxygen atoms in total. The van der Waals surface area contributed by atoms with Crippen LogP contribution >= 0.6 is 0 Å². The fourth-order valence-corrected chi connectivity index (χ4v) is 1.27. The maximum absolute atomic E-state index is 10.8. The number of carbonyl (C=O) groups is 1. The fourth-order valence-electron chi connectivity index (χ4n) is 1.27. The summed E-state index contributed by atoms with van der Waals surface area (Å²) in [6.45, 7) is 1.88. The first-order chi connectivity index (χ1) is 5.24. The summed E-state index contributed by atoms with van der Waals surface area (Å²) in [7, 11) is 0. The maximum atomic E-state index is 10.8. The summed E-state index contributed by atoms with van der Waals surface area (Å²) in [5.74, 6) is -0.172. The van der Waals surface area contributed by atoms with E-state index in [9.17, 15) is 9.90 Å². The highest BCUT2D eigenvalue weighted by atomic mass is 16.6. The Balaban J connectivity index is 2.39. The lowest BCUT2D eigenvalue weighted by Gasteiger charge is -2.25. The van der Waals surface area contributed by atoms with Crippen LogP contribution in [-0.4, -0.2) is 23.3 Å². The van der Waals surface area contributed by atoms with Crippen molar-refractivity contribution in [3.05, 3.63) is 0 Å². The van der Waals surface area contributed by atoms with Gasteiger partial charge >= 0.3 is 5.97 Å². The molecule has 1 N–H and O–H groups in total. The van der Waals surface area contributed by atoms with Crippen molar-refractivity contribution in [2.45, 2.75) is 44.8 Å². The monoisotopic (exact) mass is 158 g/mol. The molecular formula is C8H14O3. The van der Waals surface area contributed by atoms with Gasteiger partial charge in [0.1, 0.15) is 6.10 Å². The third-order valence-corrected chi connectivity index (χ3v) is 2.00. The molecule has 0 aromatic heterocycles. The Morgan fingerprint density at radius 2 is 2.55 bits per heavy atom. The zero-order valence-corrected chi connectivity index (χ0v) is 6.75. The van der Waals surface area contributed by atoms with E-state index in [1.807, 2.05) is 6.92 Å². The Hall–Kier alpha value is -0.570. The van der Waals surface area contributed by atoms with Crippen molar-refractivity contribution in [3.8, 4) is 0 Å². The van der Waals surface area contributed by atoms with Crippen LogP contribution < -0.4 is 0 Å². The number of aliphatic hydroxyl groups excluding tert-OH is 1. The van der Waals surface area contributed by atoms with Crippen LogP contribution in [-0.2, 0) is 9.53 Å². The lowest BCUT2D eigenvalue weighted by molar-refractivity contribution is -0.160. The van der Waals surface area contributed by atoms with Gasteiger partial charge < -0.3 is 9.84 Å². The number of ether oxygens (including phenoxy) is 1. The molecule has 0 aromatic rings. The van der Waals surface area contributed by atoms with Gasteiger partial charge in [0.15, 0.2) is 0 Å². The van der Waals surface area contributed by atoms with Gasteiger partial charge in [0, 0.05) is 6.42 Å². The normalized spacial score (nSPS) is 27.8. The molecule has 11 heavy (non-hydrogen) atoms. The molecule has 0 bridgehead atoms. The van der Waals surface area contributed by atoms with Crippen LogP contribution in [0.3, 0.4) is 0 Å². The van der Waals surface area contributed by atoms with E-state index in [-0.39, 0.29) is 12.1 Å². The van der Waals surface area contributed by atoms with Crippen molar-refractivity contribution < 1.29 is 14.6 Å². The number of cyclic esters (lactones) is 1.